The van der Waals surface area contributed by atoms with Crippen LogP contribution >= 0.6 is 0 Å². The van der Waals surface area contributed by atoms with Crippen LogP contribution in [0.3, 0.4) is 0 Å². The lowest BCUT2D eigenvalue weighted by Crippen LogP contribution is -2.22. The zero-order valence-electron chi connectivity index (χ0n) is 11.5. The van der Waals surface area contributed by atoms with Gasteiger partial charge in [0.15, 0.2) is 0 Å². The van der Waals surface area contributed by atoms with E-state index in [-0.39, 0.29) is 11.9 Å². The summed E-state index contributed by atoms with van der Waals surface area (Å²) >= 11 is 0. The molecule has 0 saturated heterocycles. The second kappa shape index (κ2) is 6.48. The third-order valence-electron chi connectivity index (χ3n) is 3.46. The van der Waals surface area contributed by atoms with Crippen LogP contribution in [-0.4, -0.2) is 6.54 Å². The molecule has 0 aliphatic carbocycles. The molecule has 0 aromatic heterocycles. The highest BCUT2D eigenvalue weighted by atomic mass is 19.1. The molecule has 2 aromatic rings. The molecule has 1 atom stereocenters. The Labute approximate surface area is 114 Å². The fourth-order valence-corrected chi connectivity index (χ4v) is 2.31. The van der Waals surface area contributed by atoms with Gasteiger partial charge in [-0.1, -0.05) is 42.5 Å². The Morgan fingerprint density at radius 2 is 1.74 bits per heavy atom. The van der Waals surface area contributed by atoms with Crippen LogP contribution < -0.4 is 5.32 Å². The van der Waals surface area contributed by atoms with Gasteiger partial charge in [-0.15, -0.1) is 0 Å². The highest BCUT2D eigenvalue weighted by Crippen LogP contribution is 2.16. The lowest BCUT2D eigenvalue weighted by molar-refractivity contribution is 0.558. The molecule has 100 valence electrons. The second-order valence-corrected chi connectivity index (χ2v) is 4.87. The molecule has 2 rings (SSSR count). The number of halogens is 1. The molecule has 0 amide bonds. The van der Waals surface area contributed by atoms with E-state index in [2.05, 4.69) is 37.4 Å². The van der Waals surface area contributed by atoms with Gasteiger partial charge in [-0.05, 0) is 49.6 Å². The van der Waals surface area contributed by atoms with Crippen LogP contribution in [0.4, 0.5) is 4.39 Å². The van der Waals surface area contributed by atoms with Gasteiger partial charge in [0.2, 0.25) is 0 Å². The average molecular weight is 257 g/mol. The van der Waals surface area contributed by atoms with Gasteiger partial charge in [-0.25, -0.2) is 4.39 Å². The summed E-state index contributed by atoms with van der Waals surface area (Å²) in [7, 11) is 0. The van der Waals surface area contributed by atoms with Gasteiger partial charge in [0.25, 0.3) is 0 Å². The van der Waals surface area contributed by atoms with Crippen LogP contribution in [0.1, 0.15) is 29.7 Å². The van der Waals surface area contributed by atoms with E-state index in [1.54, 1.807) is 6.07 Å². The Balaban J connectivity index is 1.90. The number of aryl methyl sites for hydroxylation is 1. The standard InChI is InChI=1S/C17H20FN/c1-13-7-3-5-9-16(13)14(2)19-12-11-15-8-4-6-10-17(15)18/h3-10,14,19H,11-12H2,1-2H3. The largest absolute Gasteiger partial charge is 0.310 e. The minimum Gasteiger partial charge on any atom is -0.310 e. The predicted octanol–water partition coefficient (Wildman–Crippen LogP) is 4.03. The molecule has 0 spiro atoms. The van der Waals surface area contributed by atoms with Gasteiger partial charge in [0.1, 0.15) is 5.82 Å². The first-order valence-electron chi connectivity index (χ1n) is 6.71. The molecule has 0 aliphatic heterocycles. The normalized spacial score (nSPS) is 12.4. The molecule has 0 fully saturated rings. The summed E-state index contributed by atoms with van der Waals surface area (Å²) in [5.74, 6) is -0.118. The SMILES string of the molecule is Cc1ccccc1C(C)NCCc1ccccc1F. The van der Waals surface area contributed by atoms with Crippen LogP contribution in [-0.2, 0) is 6.42 Å². The summed E-state index contributed by atoms with van der Waals surface area (Å²) < 4.78 is 13.5. The van der Waals surface area contributed by atoms with E-state index in [9.17, 15) is 4.39 Å². The van der Waals surface area contributed by atoms with E-state index in [4.69, 9.17) is 0 Å². The van der Waals surface area contributed by atoms with Crippen molar-refractivity contribution in [2.45, 2.75) is 26.3 Å². The van der Waals surface area contributed by atoms with E-state index in [0.29, 0.717) is 6.42 Å². The Kier molecular flexibility index (Phi) is 4.69. The maximum atomic E-state index is 13.5. The summed E-state index contributed by atoms with van der Waals surface area (Å²) in [6, 6.07) is 15.6. The first-order valence-corrected chi connectivity index (χ1v) is 6.71. The van der Waals surface area contributed by atoms with E-state index in [1.165, 1.54) is 17.2 Å². The molecule has 1 N–H and O–H groups in total. The fourth-order valence-electron chi connectivity index (χ4n) is 2.31. The third kappa shape index (κ3) is 3.65. The van der Waals surface area contributed by atoms with Gasteiger partial charge >= 0.3 is 0 Å². The Morgan fingerprint density at radius 3 is 2.47 bits per heavy atom. The van der Waals surface area contributed by atoms with E-state index in [0.717, 1.165) is 12.1 Å². The Morgan fingerprint density at radius 1 is 1.05 bits per heavy atom. The smallest absolute Gasteiger partial charge is 0.126 e. The van der Waals surface area contributed by atoms with Crippen molar-refractivity contribution in [1.82, 2.24) is 5.32 Å². The minimum absolute atomic E-state index is 0.118. The van der Waals surface area contributed by atoms with Crippen LogP contribution in [0.2, 0.25) is 0 Å². The molecular weight excluding hydrogens is 237 g/mol. The summed E-state index contributed by atoms with van der Waals surface area (Å²) in [6.07, 6.45) is 0.711. The quantitative estimate of drug-likeness (QED) is 0.852. The van der Waals surface area contributed by atoms with Crippen molar-refractivity contribution < 1.29 is 4.39 Å². The summed E-state index contributed by atoms with van der Waals surface area (Å²) in [4.78, 5) is 0. The lowest BCUT2D eigenvalue weighted by atomic mass is 10.0. The summed E-state index contributed by atoms with van der Waals surface area (Å²) in [5, 5.41) is 3.45. The number of hydrogen-bond donors (Lipinski definition) is 1. The Hall–Kier alpha value is -1.67. The maximum absolute atomic E-state index is 13.5. The molecule has 1 unspecified atom stereocenters. The van der Waals surface area contributed by atoms with Crippen LogP contribution in [0, 0.1) is 12.7 Å². The predicted molar refractivity (Wildman–Crippen MR) is 77.7 cm³/mol. The van der Waals surface area contributed by atoms with Gasteiger partial charge in [-0.2, -0.15) is 0 Å². The highest BCUT2D eigenvalue weighted by Gasteiger charge is 2.07. The van der Waals surface area contributed by atoms with Crippen LogP contribution in [0.5, 0.6) is 0 Å². The average Bonchev–Trinajstić information content (AvgIpc) is 2.41. The minimum atomic E-state index is -0.118. The van der Waals surface area contributed by atoms with Gasteiger partial charge in [-0.3, -0.25) is 0 Å². The zero-order valence-corrected chi connectivity index (χ0v) is 11.5. The molecule has 1 nitrogen and oxygen atoms in total. The number of hydrogen-bond acceptors (Lipinski definition) is 1. The molecule has 19 heavy (non-hydrogen) atoms. The van der Waals surface area contributed by atoms with E-state index < -0.39 is 0 Å². The maximum Gasteiger partial charge on any atom is 0.126 e. The van der Waals surface area contributed by atoms with Crippen LogP contribution in [0.15, 0.2) is 48.5 Å². The number of nitrogens with one attached hydrogen (secondary N) is 1. The number of rotatable bonds is 5. The van der Waals surface area contributed by atoms with Crippen molar-refractivity contribution in [3.63, 3.8) is 0 Å². The first-order chi connectivity index (χ1) is 9.18. The second-order valence-electron chi connectivity index (χ2n) is 4.87. The molecule has 0 heterocycles. The summed E-state index contributed by atoms with van der Waals surface area (Å²) in [6.45, 7) is 5.03. The molecule has 0 aliphatic rings. The van der Waals surface area contributed by atoms with E-state index >= 15 is 0 Å². The lowest BCUT2D eigenvalue weighted by Gasteiger charge is -2.16. The molecule has 2 aromatic carbocycles. The van der Waals surface area contributed by atoms with Crippen molar-refractivity contribution in [3.8, 4) is 0 Å². The molecule has 0 radical (unpaired) electrons. The number of benzene rings is 2. The van der Waals surface area contributed by atoms with Crippen molar-refractivity contribution in [1.29, 1.82) is 0 Å². The van der Waals surface area contributed by atoms with Crippen LogP contribution in [0.25, 0.3) is 0 Å². The first kappa shape index (κ1) is 13.8. The molecule has 0 saturated carbocycles. The third-order valence-corrected chi connectivity index (χ3v) is 3.46. The summed E-state index contributed by atoms with van der Waals surface area (Å²) in [5.41, 5.74) is 3.36. The highest BCUT2D eigenvalue weighted by molar-refractivity contribution is 5.28. The molecule has 2 heteroatoms. The molecular formula is C17H20FN. The fraction of sp³-hybridized carbons (Fsp3) is 0.294. The topological polar surface area (TPSA) is 12.0 Å². The van der Waals surface area contributed by atoms with Gasteiger partial charge in [0.05, 0.1) is 0 Å². The molecule has 0 bridgehead atoms. The monoisotopic (exact) mass is 257 g/mol. The Bertz CT molecular complexity index is 536. The van der Waals surface area contributed by atoms with Crippen molar-refractivity contribution in [2.24, 2.45) is 0 Å². The van der Waals surface area contributed by atoms with Crippen molar-refractivity contribution in [2.75, 3.05) is 6.54 Å². The van der Waals surface area contributed by atoms with E-state index in [1.807, 2.05) is 18.2 Å². The zero-order chi connectivity index (χ0) is 13.7. The van der Waals surface area contributed by atoms with Crippen molar-refractivity contribution >= 4 is 0 Å². The van der Waals surface area contributed by atoms with Crippen molar-refractivity contribution in [3.05, 3.63) is 71.0 Å². The van der Waals surface area contributed by atoms with Gasteiger partial charge < -0.3 is 5.32 Å². The van der Waals surface area contributed by atoms with Gasteiger partial charge in [0, 0.05) is 6.04 Å².